The van der Waals surface area contributed by atoms with Gasteiger partial charge < -0.3 is 4.74 Å². The summed E-state index contributed by atoms with van der Waals surface area (Å²) in [5.41, 5.74) is 0.321. The molecular weight excluding hydrogens is 363 g/mol. The molecule has 2 fully saturated rings. The molecule has 2 nitrogen and oxygen atoms in total. The molecule has 148 valence electrons. The molecule has 0 aromatic heterocycles. The summed E-state index contributed by atoms with van der Waals surface area (Å²) in [4.78, 5) is 12.3. The molecule has 0 heterocycles. The first-order valence-corrected chi connectivity index (χ1v) is 10.7. The lowest BCUT2D eigenvalue weighted by Crippen LogP contribution is -2.29. The van der Waals surface area contributed by atoms with E-state index in [9.17, 15) is 9.18 Å². The van der Waals surface area contributed by atoms with E-state index in [4.69, 9.17) is 16.3 Å². The Morgan fingerprint density at radius 1 is 1.11 bits per heavy atom. The minimum atomic E-state index is -0.520. The lowest BCUT2D eigenvalue weighted by molar-refractivity contribution is 0.0109. The van der Waals surface area contributed by atoms with Crippen LogP contribution < -0.4 is 0 Å². The van der Waals surface area contributed by atoms with Gasteiger partial charge in [-0.05, 0) is 87.3 Å². The van der Waals surface area contributed by atoms with Gasteiger partial charge in [0.05, 0.1) is 10.6 Å². The van der Waals surface area contributed by atoms with Crippen LogP contribution in [0.4, 0.5) is 4.39 Å². The number of ether oxygens (including phenoxy) is 1. The van der Waals surface area contributed by atoms with Crippen LogP contribution in [-0.4, -0.2) is 12.1 Å². The maximum Gasteiger partial charge on any atom is 0.338 e. The molecule has 2 aliphatic rings. The van der Waals surface area contributed by atoms with Crippen molar-refractivity contribution in [1.29, 1.82) is 0 Å². The number of hydrogen-bond acceptors (Lipinski definition) is 2. The van der Waals surface area contributed by atoms with Gasteiger partial charge in [-0.15, -0.1) is 6.58 Å². The minimum Gasteiger partial charge on any atom is -0.459 e. The van der Waals surface area contributed by atoms with Crippen LogP contribution in [0.5, 0.6) is 0 Å². The highest BCUT2D eigenvalue weighted by atomic mass is 35.5. The van der Waals surface area contributed by atoms with E-state index in [1.165, 1.54) is 50.3 Å². The molecule has 0 unspecified atom stereocenters. The highest BCUT2D eigenvalue weighted by Gasteiger charge is 2.32. The standard InChI is InChI=1S/C23H30ClFO2/c1-2-3-4-16-5-7-17(8-6-16)18-9-12-20(13-10-18)27-23(26)19-11-14-22(25)21(24)15-19/h2,11,14-18,20H,1,3-10,12-13H2/t16-,17-,18?,20?. The summed E-state index contributed by atoms with van der Waals surface area (Å²) in [5, 5.41) is -0.0446. The Morgan fingerprint density at radius 3 is 2.33 bits per heavy atom. The summed E-state index contributed by atoms with van der Waals surface area (Å²) in [6, 6.07) is 3.98. The molecule has 4 heteroatoms. The number of benzene rings is 1. The Kier molecular flexibility index (Phi) is 7.34. The average molecular weight is 393 g/mol. The second-order valence-electron chi connectivity index (χ2n) is 8.22. The highest BCUT2D eigenvalue weighted by Crippen LogP contribution is 2.41. The van der Waals surface area contributed by atoms with Crippen LogP contribution in [0.1, 0.15) is 74.6 Å². The van der Waals surface area contributed by atoms with E-state index in [-0.39, 0.29) is 11.1 Å². The predicted octanol–water partition coefficient (Wildman–Crippen LogP) is 6.97. The van der Waals surface area contributed by atoms with Gasteiger partial charge >= 0.3 is 5.97 Å². The Bertz CT molecular complexity index is 644. The zero-order valence-corrected chi connectivity index (χ0v) is 16.7. The van der Waals surface area contributed by atoms with Crippen LogP contribution in [0.15, 0.2) is 30.9 Å². The van der Waals surface area contributed by atoms with Gasteiger partial charge in [-0.25, -0.2) is 9.18 Å². The summed E-state index contributed by atoms with van der Waals surface area (Å²) < 4.78 is 18.9. The van der Waals surface area contributed by atoms with Crippen LogP contribution in [0.2, 0.25) is 5.02 Å². The highest BCUT2D eigenvalue weighted by molar-refractivity contribution is 6.31. The Morgan fingerprint density at radius 2 is 1.74 bits per heavy atom. The molecule has 0 spiro atoms. The van der Waals surface area contributed by atoms with Gasteiger partial charge in [0.15, 0.2) is 0 Å². The third-order valence-corrected chi connectivity index (χ3v) is 6.77. The molecule has 0 bridgehead atoms. The normalized spacial score (nSPS) is 28.5. The number of halogens is 2. The fraction of sp³-hybridized carbons (Fsp3) is 0.609. The zero-order valence-electron chi connectivity index (χ0n) is 16.0. The van der Waals surface area contributed by atoms with Gasteiger partial charge in [0.2, 0.25) is 0 Å². The first-order valence-electron chi connectivity index (χ1n) is 10.3. The van der Waals surface area contributed by atoms with E-state index in [1.807, 2.05) is 6.08 Å². The van der Waals surface area contributed by atoms with Crippen molar-refractivity contribution < 1.29 is 13.9 Å². The van der Waals surface area contributed by atoms with Gasteiger partial charge in [-0.1, -0.05) is 30.5 Å². The summed E-state index contributed by atoms with van der Waals surface area (Å²) in [6.07, 6.45) is 14.0. The lowest BCUT2D eigenvalue weighted by atomic mass is 9.70. The molecule has 3 rings (SSSR count). The SMILES string of the molecule is C=CCC[C@H]1CC[C@H](C2CCC(OC(=O)c3ccc(F)c(Cl)c3)CC2)CC1. The predicted molar refractivity (Wildman–Crippen MR) is 107 cm³/mol. The molecule has 1 aromatic carbocycles. The van der Waals surface area contributed by atoms with Crippen molar-refractivity contribution >= 4 is 17.6 Å². The van der Waals surface area contributed by atoms with E-state index in [0.29, 0.717) is 5.56 Å². The molecule has 2 saturated carbocycles. The Balaban J connectivity index is 1.42. The topological polar surface area (TPSA) is 26.3 Å². The van der Waals surface area contributed by atoms with E-state index in [1.54, 1.807) is 0 Å². The second kappa shape index (κ2) is 9.73. The van der Waals surface area contributed by atoms with Crippen molar-refractivity contribution in [2.24, 2.45) is 17.8 Å². The average Bonchev–Trinajstić information content (AvgIpc) is 2.69. The molecule has 0 amide bonds. The number of hydrogen-bond donors (Lipinski definition) is 0. The first kappa shape index (κ1) is 20.4. The molecule has 0 radical (unpaired) electrons. The maximum atomic E-state index is 13.2. The van der Waals surface area contributed by atoms with E-state index >= 15 is 0 Å². The third kappa shape index (κ3) is 5.57. The van der Waals surface area contributed by atoms with Crippen LogP contribution in [-0.2, 0) is 4.74 Å². The number of allylic oxidation sites excluding steroid dienone is 1. The van der Waals surface area contributed by atoms with Crippen LogP contribution in [0.3, 0.4) is 0 Å². The zero-order chi connectivity index (χ0) is 19.2. The Hall–Kier alpha value is -1.35. The van der Waals surface area contributed by atoms with Crippen LogP contribution >= 0.6 is 11.6 Å². The van der Waals surface area contributed by atoms with Crippen molar-refractivity contribution in [3.05, 3.63) is 47.3 Å². The van der Waals surface area contributed by atoms with Crippen LogP contribution in [0, 0.1) is 23.6 Å². The van der Waals surface area contributed by atoms with Crippen molar-refractivity contribution in [2.75, 3.05) is 0 Å². The van der Waals surface area contributed by atoms with Gasteiger partial charge in [0.25, 0.3) is 0 Å². The fourth-order valence-corrected chi connectivity index (χ4v) is 5.00. The van der Waals surface area contributed by atoms with Crippen molar-refractivity contribution in [3.8, 4) is 0 Å². The van der Waals surface area contributed by atoms with Crippen molar-refractivity contribution in [2.45, 2.75) is 70.3 Å². The molecule has 1 aromatic rings. The van der Waals surface area contributed by atoms with Crippen molar-refractivity contribution in [3.63, 3.8) is 0 Å². The number of esters is 1. The summed E-state index contributed by atoms with van der Waals surface area (Å²) in [6.45, 7) is 3.83. The van der Waals surface area contributed by atoms with Gasteiger partial charge in [-0.3, -0.25) is 0 Å². The summed E-state index contributed by atoms with van der Waals surface area (Å²) in [5.74, 6) is 1.59. The van der Waals surface area contributed by atoms with E-state index in [2.05, 4.69) is 6.58 Å². The molecular formula is C23H30ClFO2. The minimum absolute atomic E-state index is 0.0264. The first-order chi connectivity index (χ1) is 13.1. The Labute approximate surface area is 167 Å². The van der Waals surface area contributed by atoms with Crippen molar-refractivity contribution in [1.82, 2.24) is 0 Å². The maximum absolute atomic E-state index is 13.2. The summed E-state index contributed by atoms with van der Waals surface area (Å²) in [7, 11) is 0. The molecule has 2 aliphatic carbocycles. The van der Waals surface area contributed by atoms with E-state index < -0.39 is 11.8 Å². The fourth-order valence-electron chi connectivity index (χ4n) is 4.82. The molecule has 0 N–H and O–H groups in total. The molecule has 0 aliphatic heterocycles. The number of carbonyl (C=O) groups is 1. The van der Waals surface area contributed by atoms with Crippen LogP contribution in [0.25, 0.3) is 0 Å². The van der Waals surface area contributed by atoms with Gasteiger partial charge in [-0.2, -0.15) is 0 Å². The number of carbonyl (C=O) groups excluding carboxylic acids is 1. The van der Waals surface area contributed by atoms with E-state index in [0.717, 1.165) is 49.9 Å². The summed E-state index contributed by atoms with van der Waals surface area (Å²) >= 11 is 5.76. The molecule has 27 heavy (non-hydrogen) atoms. The smallest absolute Gasteiger partial charge is 0.338 e. The third-order valence-electron chi connectivity index (χ3n) is 6.48. The lowest BCUT2D eigenvalue weighted by Gasteiger charge is -2.37. The van der Waals surface area contributed by atoms with Gasteiger partial charge in [0.1, 0.15) is 11.9 Å². The largest absolute Gasteiger partial charge is 0.459 e. The molecule has 0 saturated heterocycles. The molecule has 0 atom stereocenters. The van der Waals surface area contributed by atoms with Gasteiger partial charge in [0, 0.05) is 0 Å². The second-order valence-corrected chi connectivity index (χ2v) is 8.63. The quantitative estimate of drug-likeness (QED) is 0.386. The number of rotatable bonds is 6. The monoisotopic (exact) mass is 392 g/mol.